The van der Waals surface area contributed by atoms with Crippen LogP contribution in [0.4, 0.5) is 10.5 Å². The van der Waals surface area contributed by atoms with Crippen molar-refractivity contribution in [3.05, 3.63) is 30.3 Å². The van der Waals surface area contributed by atoms with Crippen molar-refractivity contribution in [2.75, 3.05) is 58.3 Å². The van der Waals surface area contributed by atoms with Crippen molar-refractivity contribution < 1.29 is 4.79 Å². The van der Waals surface area contributed by atoms with Gasteiger partial charge in [0.15, 0.2) is 0 Å². The molecule has 0 bridgehead atoms. The molecule has 24 heavy (non-hydrogen) atoms. The lowest BCUT2D eigenvalue weighted by Crippen LogP contribution is -2.43. The molecule has 0 radical (unpaired) electrons. The van der Waals surface area contributed by atoms with Gasteiger partial charge in [0.2, 0.25) is 0 Å². The Morgan fingerprint density at radius 1 is 1.04 bits per heavy atom. The van der Waals surface area contributed by atoms with Crippen LogP contribution in [0.5, 0.6) is 0 Å². The van der Waals surface area contributed by atoms with Gasteiger partial charge in [-0.05, 0) is 38.1 Å². The van der Waals surface area contributed by atoms with Gasteiger partial charge in [-0.15, -0.1) is 0 Å². The third kappa shape index (κ3) is 6.40. The molecule has 2 rings (SSSR count). The predicted octanol–water partition coefficient (Wildman–Crippen LogP) is 2.64. The molecule has 1 heterocycles. The second-order valence-electron chi connectivity index (χ2n) is 6.67. The number of anilines is 1. The van der Waals surface area contributed by atoms with Crippen LogP contribution in [-0.2, 0) is 0 Å². The average Bonchev–Trinajstić information content (AvgIpc) is 2.89. The van der Waals surface area contributed by atoms with Crippen molar-refractivity contribution in [3.8, 4) is 0 Å². The zero-order valence-electron chi connectivity index (χ0n) is 15.2. The minimum Gasteiger partial charge on any atom is -0.373 e. The van der Waals surface area contributed by atoms with E-state index in [0.29, 0.717) is 6.54 Å². The molecular weight excluding hydrogens is 300 g/mol. The number of carbonyl (C=O) groups is 1. The number of hydrogen-bond acceptors (Lipinski definition) is 3. The van der Waals surface area contributed by atoms with E-state index in [1.807, 2.05) is 32.3 Å². The van der Waals surface area contributed by atoms with Gasteiger partial charge in [-0.25, -0.2) is 4.79 Å². The van der Waals surface area contributed by atoms with Gasteiger partial charge in [0.1, 0.15) is 0 Å². The predicted molar refractivity (Wildman–Crippen MR) is 101 cm³/mol. The van der Waals surface area contributed by atoms with Crippen molar-refractivity contribution in [2.45, 2.75) is 25.7 Å². The molecule has 1 fully saturated rings. The van der Waals surface area contributed by atoms with Gasteiger partial charge in [0.25, 0.3) is 0 Å². The van der Waals surface area contributed by atoms with Crippen LogP contribution < -0.4 is 10.2 Å². The first-order valence-corrected chi connectivity index (χ1v) is 9.14. The van der Waals surface area contributed by atoms with Crippen LogP contribution in [0, 0.1) is 0 Å². The molecule has 5 heteroatoms. The first-order valence-electron chi connectivity index (χ1n) is 9.14. The number of hydrogen-bond donors (Lipinski definition) is 1. The summed E-state index contributed by atoms with van der Waals surface area (Å²) in [4.78, 5) is 18.6. The number of para-hydroxylation sites is 1. The summed E-state index contributed by atoms with van der Waals surface area (Å²) in [5, 5.41) is 3.01. The Kier molecular flexibility index (Phi) is 7.89. The molecule has 0 aliphatic carbocycles. The number of carbonyl (C=O) groups excluding carboxylic acids is 1. The van der Waals surface area contributed by atoms with Crippen LogP contribution in [0.15, 0.2) is 30.3 Å². The van der Waals surface area contributed by atoms with Crippen LogP contribution >= 0.6 is 0 Å². The summed E-state index contributed by atoms with van der Waals surface area (Å²) < 4.78 is 0. The van der Waals surface area contributed by atoms with E-state index >= 15 is 0 Å². The van der Waals surface area contributed by atoms with Crippen molar-refractivity contribution in [1.29, 1.82) is 0 Å². The summed E-state index contributed by atoms with van der Waals surface area (Å²) in [5.74, 6) is 0. The molecule has 0 spiro atoms. The van der Waals surface area contributed by atoms with E-state index < -0.39 is 0 Å². The Morgan fingerprint density at radius 2 is 1.71 bits per heavy atom. The Labute approximate surface area is 146 Å². The zero-order chi connectivity index (χ0) is 17.2. The molecule has 1 aromatic carbocycles. The first-order chi connectivity index (χ1) is 11.7. The Morgan fingerprint density at radius 3 is 2.38 bits per heavy atom. The van der Waals surface area contributed by atoms with Crippen LogP contribution in [-0.4, -0.2) is 69.2 Å². The highest BCUT2D eigenvalue weighted by Crippen LogP contribution is 2.10. The first kappa shape index (κ1) is 18.6. The quantitative estimate of drug-likeness (QED) is 0.834. The second kappa shape index (κ2) is 10.2. The highest BCUT2D eigenvalue weighted by molar-refractivity contribution is 5.73. The SMILES string of the molecule is CN(CCN1CCCCCC1)C(=O)NCCN(C)c1ccccc1. The number of urea groups is 1. The normalized spacial score (nSPS) is 15.6. The molecule has 0 saturated carbocycles. The maximum atomic E-state index is 12.2. The van der Waals surface area contributed by atoms with E-state index in [0.717, 1.165) is 19.6 Å². The molecule has 1 aromatic rings. The molecule has 1 aliphatic rings. The molecule has 1 N–H and O–H groups in total. The average molecular weight is 332 g/mol. The lowest BCUT2D eigenvalue weighted by molar-refractivity contribution is 0.196. The van der Waals surface area contributed by atoms with Gasteiger partial charge in [0, 0.05) is 46.0 Å². The van der Waals surface area contributed by atoms with E-state index in [-0.39, 0.29) is 6.03 Å². The number of benzene rings is 1. The fourth-order valence-electron chi connectivity index (χ4n) is 3.03. The summed E-state index contributed by atoms with van der Waals surface area (Å²) in [6, 6.07) is 10.2. The number of rotatable bonds is 7. The topological polar surface area (TPSA) is 38.8 Å². The lowest BCUT2D eigenvalue weighted by Gasteiger charge is -2.25. The van der Waals surface area contributed by atoms with Crippen LogP contribution in [0.1, 0.15) is 25.7 Å². The Hall–Kier alpha value is -1.75. The fourth-order valence-corrected chi connectivity index (χ4v) is 3.03. The Balaban J connectivity index is 1.62. The largest absolute Gasteiger partial charge is 0.373 e. The van der Waals surface area contributed by atoms with Crippen molar-refractivity contribution in [3.63, 3.8) is 0 Å². The minimum atomic E-state index is 0.0197. The Bertz CT molecular complexity index is 472. The van der Waals surface area contributed by atoms with Crippen LogP contribution in [0.3, 0.4) is 0 Å². The number of likely N-dealkylation sites (tertiary alicyclic amines) is 1. The fraction of sp³-hybridized carbons (Fsp3) is 0.632. The molecule has 1 saturated heterocycles. The van der Waals surface area contributed by atoms with Gasteiger partial charge in [0.05, 0.1) is 0 Å². The van der Waals surface area contributed by atoms with E-state index in [1.54, 1.807) is 4.90 Å². The molecule has 5 nitrogen and oxygen atoms in total. The van der Waals surface area contributed by atoms with Gasteiger partial charge >= 0.3 is 6.03 Å². The maximum absolute atomic E-state index is 12.2. The van der Waals surface area contributed by atoms with E-state index in [9.17, 15) is 4.79 Å². The number of nitrogens with one attached hydrogen (secondary N) is 1. The third-order valence-electron chi connectivity index (χ3n) is 4.72. The third-order valence-corrected chi connectivity index (χ3v) is 4.72. The van der Waals surface area contributed by atoms with Gasteiger partial charge in [-0.2, -0.15) is 0 Å². The molecule has 0 unspecified atom stereocenters. The molecule has 134 valence electrons. The summed E-state index contributed by atoms with van der Waals surface area (Å²) in [5.41, 5.74) is 1.17. The highest BCUT2D eigenvalue weighted by Gasteiger charge is 2.12. The van der Waals surface area contributed by atoms with E-state index in [1.165, 1.54) is 44.5 Å². The maximum Gasteiger partial charge on any atom is 0.317 e. The zero-order valence-corrected chi connectivity index (χ0v) is 15.2. The summed E-state index contributed by atoms with van der Waals surface area (Å²) >= 11 is 0. The lowest BCUT2D eigenvalue weighted by atomic mass is 10.2. The molecule has 2 amide bonds. The molecule has 0 aromatic heterocycles. The highest BCUT2D eigenvalue weighted by atomic mass is 16.2. The van der Waals surface area contributed by atoms with Gasteiger partial charge in [-0.1, -0.05) is 31.0 Å². The number of nitrogens with zero attached hydrogens (tertiary/aromatic N) is 3. The number of likely N-dealkylation sites (N-methyl/N-ethyl adjacent to an activating group) is 2. The number of amides is 2. The summed E-state index contributed by atoms with van der Waals surface area (Å²) in [6.07, 6.45) is 5.28. The molecule has 1 aliphatic heterocycles. The smallest absolute Gasteiger partial charge is 0.317 e. The monoisotopic (exact) mass is 332 g/mol. The summed E-state index contributed by atoms with van der Waals surface area (Å²) in [7, 11) is 3.93. The van der Waals surface area contributed by atoms with E-state index in [4.69, 9.17) is 0 Å². The van der Waals surface area contributed by atoms with Gasteiger partial charge in [-0.3, -0.25) is 0 Å². The van der Waals surface area contributed by atoms with Crippen molar-refractivity contribution >= 4 is 11.7 Å². The van der Waals surface area contributed by atoms with Crippen LogP contribution in [0.25, 0.3) is 0 Å². The van der Waals surface area contributed by atoms with E-state index in [2.05, 4.69) is 27.2 Å². The molecular formula is C19H32N4O. The molecule has 0 atom stereocenters. The second-order valence-corrected chi connectivity index (χ2v) is 6.67. The standard InChI is InChI=1S/C19H32N4O/c1-21(18-10-6-5-7-11-18)15-12-20-19(24)22(2)16-17-23-13-8-3-4-9-14-23/h5-7,10-11H,3-4,8-9,12-17H2,1-2H3,(H,20,24). The van der Waals surface area contributed by atoms with Crippen LogP contribution in [0.2, 0.25) is 0 Å². The van der Waals surface area contributed by atoms with Gasteiger partial charge < -0.3 is 20.0 Å². The minimum absolute atomic E-state index is 0.0197. The van der Waals surface area contributed by atoms with Crippen molar-refractivity contribution in [2.24, 2.45) is 0 Å². The summed E-state index contributed by atoms with van der Waals surface area (Å²) in [6.45, 7) is 5.58. The van der Waals surface area contributed by atoms with Crippen molar-refractivity contribution in [1.82, 2.24) is 15.1 Å².